The van der Waals surface area contributed by atoms with E-state index in [9.17, 15) is 14.3 Å². The number of hydrogen-bond acceptors (Lipinski definition) is 7. The molecular weight excluding hydrogens is 758 g/mol. The molecule has 8 nitrogen and oxygen atoms in total. The molecule has 0 heterocycles. The number of ether oxygens (including phenoxy) is 2. The maximum atomic E-state index is 12.7. The molecule has 2 atom stereocenters. The lowest BCUT2D eigenvalue weighted by atomic mass is 10.0. The van der Waals surface area contributed by atoms with Crippen molar-refractivity contribution in [3.05, 3.63) is 12.2 Å². The van der Waals surface area contributed by atoms with Crippen molar-refractivity contribution in [2.75, 3.05) is 54.1 Å². The molecule has 0 aliphatic rings. The predicted octanol–water partition coefficient (Wildman–Crippen LogP) is 14.8. The van der Waals surface area contributed by atoms with Crippen molar-refractivity contribution < 1.29 is 37.3 Å². The maximum Gasteiger partial charge on any atom is 0.306 e. The number of phosphoric ester groups is 1. The monoisotopic (exact) mass is 858 g/mol. The number of phosphoric acid groups is 1. The van der Waals surface area contributed by atoms with E-state index in [4.69, 9.17) is 18.5 Å². The average Bonchev–Trinajstić information content (AvgIpc) is 3.19. The van der Waals surface area contributed by atoms with Crippen molar-refractivity contribution in [1.29, 1.82) is 0 Å². The number of unbranched alkanes of at least 4 members (excludes halogenated alkanes) is 32. The Kier molecular flexibility index (Phi) is 43.3. The predicted molar refractivity (Wildman–Crippen MR) is 250 cm³/mol. The van der Waals surface area contributed by atoms with Crippen LogP contribution in [0.5, 0.6) is 0 Å². The Morgan fingerprint density at radius 3 is 1.29 bits per heavy atom. The van der Waals surface area contributed by atoms with Gasteiger partial charge in [0.05, 0.1) is 34.4 Å². The first kappa shape index (κ1) is 58.2. The summed E-state index contributed by atoms with van der Waals surface area (Å²) in [7, 11) is 1.37. The van der Waals surface area contributed by atoms with Gasteiger partial charge in [-0.25, -0.2) is 0 Å². The summed E-state index contributed by atoms with van der Waals surface area (Å²) in [6, 6.07) is 0. The number of esters is 1. The van der Waals surface area contributed by atoms with Gasteiger partial charge in [-0.1, -0.05) is 212 Å². The Morgan fingerprint density at radius 2 is 0.881 bits per heavy atom. The summed E-state index contributed by atoms with van der Waals surface area (Å²) in [5.41, 5.74) is 0. The normalized spacial score (nSPS) is 13.7. The molecule has 0 fully saturated rings. The third-order valence-corrected chi connectivity index (χ3v) is 12.3. The van der Waals surface area contributed by atoms with E-state index >= 15 is 0 Å². The standard InChI is InChI=1S/C50H100NO7P/c1-6-8-10-12-14-16-18-20-22-23-24-25-26-27-28-29-30-32-34-36-38-40-42-45-55-47-49(48-57-59(53,54)56-46-44-51(3,4)5)58-50(52)43-41-39-37-35-33-31-21-19-17-15-13-11-9-7-2/h19,21,49H,6-18,20,22-48H2,1-5H3/b21-19-. The van der Waals surface area contributed by atoms with E-state index in [2.05, 4.69) is 26.0 Å². The summed E-state index contributed by atoms with van der Waals surface area (Å²) >= 11 is 0. The molecule has 0 aliphatic carbocycles. The molecule has 0 radical (unpaired) electrons. The quantitative estimate of drug-likeness (QED) is 0.0198. The number of carbonyl (C=O) groups is 1. The fourth-order valence-electron chi connectivity index (χ4n) is 7.37. The van der Waals surface area contributed by atoms with Crippen LogP contribution >= 0.6 is 7.82 Å². The molecule has 0 saturated carbocycles. The van der Waals surface area contributed by atoms with Gasteiger partial charge in [-0.3, -0.25) is 9.36 Å². The fourth-order valence-corrected chi connectivity index (χ4v) is 8.10. The summed E-state index contributed by atoms with van der Waals surface area (Å²) in [5, 5.41) is 0. The van der Waals surface area contributed by atoms with Gasteiger partial charge in [0, 0.05) is 13.0 Å². The number of quaternary nitrogens is 1. The van der Waals surface area contributed by atoms with Crippen LogP contribution in [0.25, 0.3) is 0 Å². The highest BCUT2D eigenvalue weighted by Gasteiger charge is 2.20. The molecule has 352 valence electrons. The number of nitrogens with zero attached hydrogens (tertiary/aromatic N) is 1. The number of likely N-dealkylation sites (N-methyl/N-ethyl adjacent to an activating group) is 1. The second kappa shape index (κ2) is 43.9. The average molecular weight is 858 g/mol. The van der Waals surface area contributed by atoms with Gasteiger partial charge in [0.25, 0.3) is 7.82 Å². The molecule has 0 amide bonds. The second-order valence-electron chi connectivity index (χ2n) is 18.5. The van der Waals surface area contributed by atoms with Crippen molar-refractivity contribution >= 4 is 13.8 Å². The highest BCUT2D eigenvalue weighted by Crippen LogP contribution is 2.38. The summed E-state index contributed by atoms with van der Waals surface area (Å²) in [6.45, 7) is 5.45. The summed E-state index contributed by atoms with van der Waals surface area (Å²) in [5.74, 6) is -0.338. The van der Waals surface area contributed by atoms with Crippen LogP contribution in [0, 0.1) is 0 Å². The Hall–Kier alpha value is -0.760. The van der Waals surface area contributed by atoms with Gasteiger partial charge < -0.3 is 27.9 Å². The summed E-state index contributed by atoms with van der Waals surface area (Å²) < 4.78 is 34.7. The molecule has 0 spiro atoms. The molecular formula is C50H100NO7P. The van der Waals surface area contributed by atoms with Gasteiger partial charge >= 0.3 is 5.97 Å². The third-order valence-electron chi connectivity index (χ3n) is 11.3. The lowest BCUT2D eigenvalue weighted by molar-refractivity contribution is -0.870. The largest absolute Gasteiger partial charge is 0.756 e. The Balaban J connectivity index is 4.06. The second-order valence-corrected chi connectivity index (χ2v) is 19.9. The van der Waals surface area contributed by atoms with E-state index in [1.54, 1.807) is 0 Å². The van der Waals surface area contributed by atoms with Crippen LogP contribution in [-0.4, -0.2) is 70.7 Å². The minimum absolute atomic E-state index is 0.0280. The van der Waals surface area contributed by atoms with Gasteiger partial charge in [0.1, 0.15) is 19.3 Å². The molecule has 0 bridgehead atoms. The SMILES string of the molecule is CCCCCCC/C=C\CCCCCCCC(=O)OC(COCCCCCCCCCCCCCCCCCCCCCCCCC)COP(=O)([O-])OCC[N+](C)(C)C. The van der Waals surface area contributed by atoms with Crippen molar-refractivity contribution in [2.24, 2.45) is 0 Å². The van der Waals surface area contributed by atoms with E-state index < -0.39 is 13.9 Å². The molecule has 2 unspecified atom stereocenters. The van der Waals surface area contributed by atoms with Gasteiger partial charge in [-0.2, -0.15) is 0 Å². The van der Waals surface area contributed by atoms with E-state index in [1.807, 2.05) is 21.1 Å². The van der Waals surface area contributed by atoms with Crippen LogP contribution in [0.3, 0.4) is 0 Å². The lowest BCUT2D eigenvalue weighted by Gasteiger charge is -2.28. The van der Waals surface area contributed by atoms with Crippen LogP contribution in [0.2, 0.25) is 0 Å². The van der Waals surface area contributed by atoms with Crippen molar-refractivity contribution in [3.63, 3.8) is 0 Å². The first-order valence-electron chi connectivity index (χ1n) is 25.4. The molecule has 0 rings (SSSR count). The number of carbonyl (C=O) groups excluding carboxylic acids is 1. The zero-order chi connectivity index (χ0) is 43.4. The van der Waals surface area contributed by atoms with Crippen LogP contribution < -0.4 is 4.89 Å². The molecule has 9 heteroatoms. The van der Waals surface area contributed by atoms with E-state index in [-0.39, 0.29) is 25.8 Å². The van der Waals surface area contributed by atoms with Crippen molar-refractivity contribution in [2.45, 2.75) is 251 Å². The lowest BCUT2D eigenvalue weighted by Crippen LogP contribution is -2.37. The van der Waals surface area contributed by atoms with E-state index in [1.165, 1.54) is 180 Å². The summed E-state index contributed by atoms with van der Waals surface area (Å²) in [6.07, 6.45) is 49.5. The van der Waals surface area contributed by atoms with Crippen molar-refractivity contribution in [3.8, 4) is 0 Å². The minimum atomic E-state index is -4.52. The minimum Gasteiger partial charge on any atom is -0.756 e. The topological polar surface area (TPSA) is 94.1 Å². The van der Waals surface area contributed by atoms with Gasteiger partial charge in [0.2, 0.25) is 0 Å². The number of allylic oxidation sites excluding steroid dienone is 2. The first-order chi connectivity index (χ1) is 28.6. The molecule has 59 heavy (non-hydrogen) atoms. The maximum absolute atomic E-state index is 12.7. The highest BCUT2D eigenvalue weighted by atomic mass is 31.2. The highest BCUT2D eigenvalue weighted by molar-refractivity contribution is 7.45. The molecule has 0 aromatic carbocycles. The summed E-state index contributed by atoms with van der Waals surface area (Å²) in [4.78, 5) is 25.1. The van der Waals surface area contributed by atoms with Gasteiger partial charge in [0.15, 0.2) is 0 Å². The van der Waals surface area contributed by atoms with Gasteiger partial charge in [-0.15, -0.1) is 0 Å². The molecule has 0 aromatic heterocycles. The molecule has 0 N–H and O–H groups in total. The molecule has 0 aromatic rings. The Labute approximate surface area is 367 Å². The molecule has 0 saturated heterocycles. The first-order valence-corrected chi connectivity index (χ1v) is 26.9. The number of hydrogen-bond donors (Lipinski definition) is 0. The third kappa shape index (κ3) is 48.1. The van der Waals surface area contributed by atoms with Crippen LogP contribution in [0.15, 0.2) is 12.2 Å². The van der Waals surface area contributed by atoms with Crippen LogP contribution in [0.1, 0.15) is 245 Å². The van der Waals surface area contributed by atoms with Gasteiger partial charge in [-0.05, 0) is 38.5 Å². The zero-order valence-electron chi connectivity index (χ0n) is 40.0. The molecule has 0 aliphatic heterocycles. The van der Waals surface area contributed by atoms with E-state index in [0.717, 1.165) is 44.9 Å². The van der Waals surface area contributed by atoms with E-state index in [0.29, 0.717) is 24.1 Å². The fraction of sp³-hybridized carbons (Fsp3) is 0.940. The van der Waals surface area contributed by atoms with Crippen molar-refractivity contribution in [1.82, 2.24) is 0 Å². The smallest absolute Gasteiger partial charge is 0.306 e. The van der Waals surface area contributed by atoms with Crippen LogP contribution in [-0.2, 0) is 27.9 Å². The Bertz CT molecular complexity index is 956. The van der Waals surface area contributed by atoms with Crippen LogP contribution in [0.4, 0.5) is 0 Å². The Morgan fingerprint density at radius 1 is 0.508 bits per heavy atom. The zero-order valence-corrected chi connectivity index (χ0v) is 40.9. The number of rotatable bonds is 48.